The quantitative estimate of drug-likeness (QED) is 0.471. The number of nitrogens with zero attached hydrogens (tertiary/aromatic N) is 2. The molecule has 150 valence electrons. The summed E-state index contributed by atoms with van der Waals surface area (Å²) in [6.07, 6.45) is -0.0803. The van der Waals surface area contributed by atoms with Crippen molar-refractivity contribution in [2.75, 3.05) is 10.6 Å². The van der Waals surface area contributed by atoms with Gasteiger partial charge in [0, 0.05) is 11.4 Å². The number of aryl methyl sites for hydroxylation is 3. The minimum Gasteiger partial charge on any atom is -0.369 e. The first-order valence-electron chi connectivity index (χ1n) is 9.24. The van der Waals surface area contributed by atoms with Crippen LogP contribution in [-0.2, 0) is 9.59 Å². The molecular formula is C21H24N6O2. The average molecular weight is 392 g/mol. The molecule has 2 amide bonds. The SMILES string of the molecule is Cc1ccc(NC(N)=NC2=N[C@@H](CC(=O)Nc3ccc(C)c(C)c3)C(=O)N2)cc1. The number of aliphatic imine (C=N–C) groups is 2. The van der Waals surface area contributed by atoms with Crippen molar-refractivity contribution in [3.8, 4) is 0 Å². The minimum absolute atomic E-state index is 0.0797. The average Bonchev–Trinajstić information content (AvgIpc) is 2.98. The van der Waals surface area contributed by atoms with Crippen molar-refractivity contribution < 1.29 is 9.59 Å². The molecule has 2 aromatic rings. The number of amides is 2. The van der Waals surface area contributed by atoms with Gasteiger partial charge in [-0.1, -0.05) is 23.8 Å². The predicted molar refractivity (Wildman–Crippen MR) is 115 cm³/mol. The van der Waals surface area contributed by atoms with Crippen molar-refractivity contribution in [2.24, 2.45) is 15.7 Å². The summed E-state index contributed by atoms with van der Waals surface area (Å²) in [6.45, 7) is 5.96. The Morgan fingerprint density at radius 1 is 1.07 bits per heavy atom. The zero-order chi connectivity index (χ0) is 21.0. The van der Waals surface area contributed by atoms with Crippen molar-refractivity contribution in [1.82, 2.24) is 5.32 Å². The molecule has 1 aliphatic heterocycles. The molecule has 0 saturated carbocycles. The maximum absolute atomic E-state index is 12.3. The topological polar surface area (TPSA) is 121 Å². The zero-order valence-corrected chi connectivity index (χ0v) is 16.6. The molecule has 0 aromatic heterocycles. The lowest BCUT2D eigenvalue weighted by molar-refractivity contribution is -0.123. The number of nitrogens with one attached hydrogen (secondary N) is 3. The summed E-state index contributed by atoms with van der Waals surface area (Å²) in [7, 11) is 0. The van der Waals surface area contributed by atoms with Crippen LogP contribution in [-0.4, -0.2) is 29.8 Å². The first kappa shape index (κ1) is 20.1. The third kappa shape index (κ3) is 5.41. The van der Waals surface area contributed by atoms with Gasteiger partial charge in [0.15, 0.2) is 0 Å². The molecule has 0 aliphatic carbocycles. The maximum Gasteiger partial charge on any atom is 0.252 e. The number of anilines is 2. The van der Waals surface area contributed by atoms with Crippen LogP contribution in [0, 0.1) is 20.8 Å². The van der Waals surface area contributed by atoms with Crippen LogP contribution in [0.2, 0.25) is 0 Å². The fraction of sp³-hybridized carbons (Fsp3) is 0.238. The molecule has 1 atom stereocenters. The first-order chi connectivity index (χ1) is 13.8. The number of hydrogen-bond donors (Lipinski definition) is 4. The van der Waals surface area contributed by atoms with Gasteiger partial charge in [-0.15, -0.1) is 0 Å². The van der Waals surface area contributed by atoms with E-state index in [-0.39, 0.29) is 30.2 Å². The van der Waals surface area contributed by atoms with Crippen LogP contribution in [0.4, 0.5) is 11.4 Å². The van der Waals surface area contributed by atoms with Crippen LogP contribution in [0.15, 0.2) is 52.4 Å². The van der Waals surface area contributed by atoms with E-state index in [1.807, 2.05) is 63.2 Å². The molecular weight excluding hydrogens is 368 g/mol. The van der Waals surface area contributed by atoms with Crippen LogP contribution in [0.5, 0.6) is 0 Å². The lowest BCUT2D eigenvalue weighted by Gasteiger charge is -2.08. The third-order valence-electron chi connectivity index (χ3n) is 4.54. The Kier molecular flexibility index (Phi) is 5.92. The number of rotatable bonds is 4. The molecule has 0 bridgehead atoms. The van der Waals surface area contributed by atoms with Gasteiger partial charge in [-0.3, -0.25) is 14.9 Å². The molecule has 0 radical (unpaired) electrons. The molecule has 2 aromatic carbocycles. The number of hydrogen-bond acceptors (Lipinski definition) is 4. The molecule has 8 nitrogen and oxygen atoms in total. The smallest absolute Gasteiger partial charge is 0.252 e. The number of benzene rings is 2. The van der Waals surface area contributed by atoms with Crippen LogP contribution in [0.1, 0.15) is 23.1 Å². The fourth-order valence-electron chi connectivity index (χ4n) is 2.76. The summed E-state index contributed by atoms with van der Waals surface area (Å²) in [5, 5.41) is 8.25. The summed E-state index contributed by atoms with van der Waals surface area (Å²) >= 11 is 0. The van der Waals surface area contributed by atoms with Gasteiger partial charge < -0.3 is 16.4 Å². The van der Waals surface area contributed by atoms with Crippen LogP contribution < -0.4 is 21.7 Å². The largest absolute Gasteiger partial charge is 0.369 e. The maximum atomic E-state index is 12.3. The molecule has 0 unspecified atom stereocenters. The Hall–Kier alpha value is -3.68. The van der Waals surface area contributed by atoms with Crippen molar-refractivity contribution in [2.45, 2.75) is 33.2 Å². The Morgan fingerprint density at radius 3 is 2.45 bits per heavy atom. The van der Waals surface area contributed by atoms with Gasteiger partial charge in [0.25, 0.3) is 5.91 Å². The number of carbonyl (C=O) groups is 2. The monoisotopic (exact) mass is 392 g/mol. The molecule has 1 aliphatic rings. The summed E-state index contributed by atoms with van der Waals surface area (Å²) in [4.78, 5) is 32.6. The summed E-state index contributed by atoms with van der Waals surface area (Å²) in [6, 6.07) is 12.4. The Balaban J connectivity index is 1.60. The molecule has 29 heavy (non-hydrogen) atoms. The first-order valence-corrected chi connectivity index (χ1v) is 9.24. The van der Waals surface area contributed by atoms with Crippen LogP contribution in [0.25, 0.3) is 0 Å². The number of carbonyl (C=O) groups excluding carboxylic acids is 2. The highest BCUT2D eigenvalue weighted by atomic mass is 16.2. The third-order valence-corrected chi connectivity index (χ3v) is 4.54. The lowest BCUT2D eigenvalue weighted by atomic mass is 10.1. The normalized spacial score (nSPS) is 16.2. The highest BCUT2D eigenvalue weighted by molar-refractivity contribution is 6.11. The summed E-state index contributed by atoms with van der Waals surface area (Å²) < 4.78 is 0. The van der Waals surface area contributed by atoms with E-state index in [0.717, 1.165) is 22.4 Å². The Bertz CT molecular complexity index is 995. The van der Waals surface area contributed by atoms with E-state index in [1.54, 1.807) is 0 Å². The second-order valence-electron chi connectivity index (χ2n) is 7.00. The highest BCUT2D eigenvalue weighted by Gasteiger charge is 2.28. The van der Waals surface area contributed by atoms with Crippen molar-refractivity contribution in [3.63, 3.8) is 0 Å². The van der Waals surface area contributed by atoms with Gasteiger partial charge in [-0.25, -0.2) is 4.99 Å². The van der Waals surface area contributed by atoms with E-state index in [2.05, 4.69) is 25.9 Å². The van der Waals surface area contributed by atoms with E-state index in [4.69, 9.17) is 5.73 Å². The highest BCUT2D eigenvalue weighted by Crippen LogP contribution is 2.15. The number of guanidine groups is 2. The van der Waals surface area contributed by atoms with E-state index >= 15 is 0 Å². The van der Waals surface area contributed by atoms with Gasteiger partial charge in [0.05, 0.1) is 6.42 Å². The lowest BCUT2D eigenvalue weighted by Crippen LogP contribution is -2.32. The summed E-state index contributed by atoms with van der Waals surface area (Å²) in [5.41, 5.74) is 10.7. The Morgan fingerprint density at radius 2 is 1.76 bits per heavy atom. The predicted octanol–water partition coefficient (Wildman–Crippen LogP) is 2.22. The molecule has 1 heterocycles. The van der Waals surface area contributed by atoms with Crippen LogP contribution in [0.3, 0.4) is 0 Å². The van der Waals surface area contributed by atoms with Gasteiger partial charge in [-0.2, -0.15) is 4.99 Å². The van der Waals surface area contributed by atoms with Crippen molar-refractivity contribution >= 4 is 35.1 Å². The molecule has 8 heteroatoms. The second-order valence-corrected chi connectivity index (χ2v) is 7.00. The molecule has 5 N–H and O–H groups in total. The molecule has 0 saturated heterocycles. The van der Waals surface area contributed by atoms with E-state index in [9.17, 15) is 9.59 Å². The van der Waals surface area contributed by atoms with Gasteiger partial charge >= 0.3 is 0 Å². The van der Waals surface area contributed by atoms with E-state index in [1.165, 1.54) is 0 Å². The van der Waals surface area contributed by atoms with E-state index in [0.29, 0.717) is 5.69 Å². The van der Waals surface area contributed by atoms with Gasteiger partial charge in [0.1, 0.15) is 6.04 Å². The second kappa shape index (κ2) is 8.55. The van der Waals surface area contributed by atoms with Crippen molar-refractivity contribution in [3.05, 3.63) is 59.2 Å². The zero-order valence-electron chi connectivity index (χ0n) is 16.6. The number of nitrogens with two attached hydrogens (primary N) is 1. The van der Waals surface area contributed by atoms with Crippen molar-refractivity contribution in [1.29, 1.82) is 0 Å². The minimum atomic E-state index is -0.840. The van der Waals surface area contributed by atoms with Gasteiger partial charge in [-0.05, 0) is 56.2 Å². The molecule has 0 spiro atoms. The summed E-state index contributed by atoms with van der Waals surface area (Å²) in [5.74, 6) is -0.514. The van der Waals surface area contributed by atoms with E-state index < -0.39 is 6.04 Å². The Labute approximate surface area is 169 Å². The molecule has 0 fully saturated rings. The van der Waals surface area contributed by atoms with Crippen LogP contribution >= 0.6 is 0 Å². The fourth-order valence-corrected chi connectivity index (χ4v) is 2.76. The molecule has 3 rings (SSSR count). The van der Waals surface area contributed by atoms with Gasteiger partial charge in [0.2, 0.25) is 17.8 Å². The standard InChI is InChI=1S/C21H24N6O2/c1-12-4-7-15(8-5-12)24-20(22)27-21-25-17(19(29)26-21)11-18(28)23-16-9-6-13(2)14(3)10-16/h4-10,17H,11H2,1-3H3,(H,23,28)(H4,22,24,25,26,27,29)/t17-/m0/s1.